The van der Waals surface area contributed by atoms with Gasteiger partial charge in [-0.05, 0) is 25.1 Å². The lowest BCUT2D eigenvalue weighted by Gasteiger charge is -2.18. The van der Waals surface area contributed by atoms with E-state index in [2.05, 4.69) is 10.2 Å². The zero-order valence-electron chi connectivity index (χ0n) is 9.60. The lowest BCUT2D eigenvalue weighted by molar-refractivity contribution is -0.118. The number of anilines is 1. The van der Waals surface area contributed by atoms with E-state index in [9.17, 15) is 13.2 Å². The van der Waals surface area contributed by atoms with Gasteiger partial charge in [0.25, 0.3) is 15.9 Å². The highest BCUT2D eigenvalue weighted by Crippen LogP contribution is 2.29. The van der Waals surface area contributed by atoms with Crippen LogP contribution < -0.4 is 14.9 Å². The third kappa shape index (κ3) is 2.61. The Hall–Kier alpha value is -1.64. The highest BCUT2D eigenvalue weighted by atomic mass is 32.2. The standard InChI is InChI=1S/C10H12N2O5S/c1-2-17-12-18(14,15)7-3-4-9-8(5-7)11-10(13)6-16-9/h3-5,12H,2,6H2,1H3,(H,11,13). The van der Waals surface area contributed by atoms with Crippen molar-refractivity contribution in [1.82, 2.24) is 4.89 Å². The summed E-state index contributed by atoms with van der Waals surface area (Å²) < 4.78 is 28.7. The second-order valence-corrected chi connectivity index (χ2v) is 5.16. The maximum Gasteiger partial charge on any atom is 0.262 e. The quantitative estimate of drug-likeness (QED) is 0.766. The van der Waals surface area contributed by atoms with E-state index in [0.717, 1.165) is 0 Å². The van der Waals surface area contributed by atoms with E-state index in [-0.39, 0.29) is 24.0 Å². The first-order valence-corrected chi connectivity index (χ1v) is 6.71. The van der Waals surface area contributed by atoms with E-state index in [0.29, 0.717) is 11.4 Å². The van der Waals surface area contributed by atoms with Crippen molar-refractivity contribution < 1.29 is 22.8 Å². The normalized spacial score (nSPS) is 14.6. The Morgan fingerprint density at radius 1 is 1.50 bits per heavy atom. The first kappa shape index (κ1) is 12.8. The topological polar surface area (TPSA) is 93.7 Å². The molecule has 0 unspecified atom stereocenters. The number of sulfonamides is 1. The molecule has 18 heavy (non-hydrogen) atoms. The Labute approximate surface area is 104 Å². The van der Waals surface area contributed by atoms with E-state index in [1.54, 1.807) is 6.92 Å². The van der Waals surface area contributed by atoms with Crippen molar-refractivity contribution in [2.24, 2.45) is 0 Å². The van der Waals surface area contributed by atoms with E-state index < -0.39 is 10.0 Å². The van der Waals surface area contributed by atoms with Gasteiger partial charge in [0.1, 0.15) is 5.75 Å². The lowest BCUT2D eigenvalue weighted by Crippen LogP contribution is -2.27. The van der Waals surface area contributed by atoms with E-state index in [1.807, 2.05) is 4.89 Å². The summed E-state index contributed by atoms with van der Waals surface area (Å²) in [5.74, 6) is 0.111. The smallest absolute Gasteiger partial charge is 0.262 e. The number of hydrogen-bond acceptors (Lipinski definition) is 5. The van der Waals surface area contributed by atoms with Crippen LogP contribution in [0.4, 0.5) is 5.69 Å². The number of rotatable bonds is 4. The van der Waals surface area contributed by atoms with Gasteiger partial charge in [0.2, 0.25) is 0 Å². The molecule has 8 heteroatoms. The number of ether oxygens (including phenoxy) is 1. The van der Waals surface area contributed by atoms with Crippen molar-refractivity contribution >= 4 is 21.6 Å². The molecular weight excluding hydrogens is 260 g/mol. The fourth-order valence-electron chi connectivity index (χ4n) is 1.41. The molecule has 1 heterocycles. The minimum Gasteiger partial charge on any atom is -0.482 e. The molecule has 0 bridgehead atoms. The molecule has 1 aromatic carbocycles. The molecular formula is C10H12N2O5S. The molecule has 2 rings (SSSR count). The number of amides is 1. The van der Waals surface area contributed by atoms with Crippen LogP contribution in [0.1, 0.15) is 6.92 Å². The van der Waals surface area contributed by atoms with Gasteiger partial charge in [-0.1, -0.05) is 4.89 Å². The van der Waals surface area contributed by atoms with Crippen molar-refractivity contribution in [3.05, 3.63) is 18.2 Å². The maximum atomic E-state index is 11.8. The largest absolute Gasteiger partial charge is 0.482 e. The maximum absolute atomic E-state index is 11.8. The minimum atomic E-state index is -3.75. The molecule has 1 aromatic rings. The molecule has 1 aliphatic heterocycles. The third-order valence-electron chi connectivity index (χ3n) is 2.21. The van der Waals surface area contributed by atoms with Gasteiger partial charge in [-0.15, -0.1) is 0 Å². The second kappa shape index (κ2) is 4.92. The Morgan fingerprint density at radius 3 is 3.00 bits per heavy atom. The molecule has 0 fully saturated rings. The highest BCUT2D eigenvalue weighted by Gasteiger charge is 2.20. The molecule has 0 aliphatic carbocycles. The molecule has 0 saturated heterocycles. The van der Waals surface area contributed by atoms with Crippen LogP contribution in [-0.2, 0) is 19.7 Å². The van der Waals surface area contributed by atoms with Crippen LogP contribution >= 0.6 is 0 Å². The van der Waals surface area contributed by atoms with Crippen LogP contribution in [0.5, 0.6) is 5.75 Å². The summed E-state index contributed by atoms with van der Waals surface area (Å²) in [7, 11) is -3.75. The number of hydrogen-bond donors (Lipinski definition) is 2. The van der Waals surface area contributed by atoms with E-state index in [4.69, 9.17) is 4.74 Å². The number of carbonyl (C=O) groups is 1. The molecule has 7 nitrogen and oxygen atoms in total. The fourth-order valence-corrected chi connectivity index (χ4v) is 2.30. The van der Waals surface area contributed by atoms with Gasteiger partial charge in [-0.2, -0.15) is 0 Å². The Balaban J connectivity index is 2.31. The first-order chi connectivity index (χ1) is 8.53. The number of fused-ring (bicyclic) bond motifs is 1. The van der Waals surface area contributed by atoms with Gasteiger partial charge in [0, 0.05) is 0 Å². The SMILES string of the molecule is CCONS(=O)(=O)c1ccc2c(c1)NC(=O)CO2. The molecule has 1 amide bonds. The van der Waals surface area contributed by atoms with Crippen molar-refractivity contribution in [2.75, 3.05) is 18.5 Å². The fraction of sp³-hybridized carbons (Fsp3) is 0.300. The van der Waals surface area contributed by atoms with Crippen molar-refractivity contribution in [1.29, 1.82) is 0 Å². The number of carbonyl (C=O) groups excluding carboxylic acids is 1. The molecule has 2 N–H and O–H groups in total. The first-order valence-electron chi connectivity index (χ1n) is 5.23. The molecule has 98 valence electrons. The zero-order chi connectivity index (χ0) is 13.2. The average molecular weight is 272 g/mol. The second-order valence-electron chi connectivity index (χ2n) is 3.51. The van der Waals surface area contributed by atoms with Crippen LogP contribution in [0.15, 0.2) is 23.1 Å². The highest BCUT2D eigenvalue weighted by molar-refractivity contribution is 7.89. The number of benzene rings is 1. The van der Waals surface area contributed by atoms with Crippen LogP contribution in [0.25, 0.3) is 0 Å². The summed E-state index contributed by atoms with van der Waals surface area (Å²) in [5.41, 5.74) is 0.325. The lowest BCUT2D eigenvalue weighted by atomic mass is 10.2. The summed E-state index contributed by atoms with van der Waals surface area (Å²) in [4.78, 5) is 17.7. The molecule has 0 spiro atoms. The zero-order valence-corrected chi connectivity index (χ0v) is 10.4. The molecule has 1 aliphatic rings. The third-order valence-corrected chi connectivity index (χ3v) is 3.42. The summed E-state index contributed by atoms with van der Waals surface area (Å²) in [6, 6.07) is 4.17. The van der Waals surface area contributed by atoms with Gasteiger partial charge in [-0.25, -0.2) is 8.42 Å². The Morgan fingerprint density at radius 2 is 2.28 bits per heavy atom. The van der Waals surface area contributed by atoms with Gasteiger partial charge >= 0.3 is 0 Å². The minimum absolute atomic E-state index is 0.0134. The van der Waals surface area contributed by atoms with E-state index >= 15 is 0 Å². The Bertz CT molecular complexity index is 570. The van der Waals surface area contributed by atoms with Crippen LogP contribution in [0, 0.1) is 0 Å². The summed E-state index contributed by atoms with van der Waals surface area (Å²) >= 11 is 0. The van der Waals surface area contributed by atoms with Crippen LogP contribution in [0.3, 0.4) is 0 Å². The molecule has 0 radical (unpaired) electrons. The Kier molecular flexibility index (Phi) is 3.50. The van der Waals surface area contributed by atoms with Crippen molar-refractivity contribution in [2.45, 2.75) is 11.8 Å². The van der Waals surface area contributed by atoms with Crippen LogP contribution in [0.2, 0.25) is 0 Å². The summed E-state index contributed by atoms with van der Waals surface area (Å²) in [6.45, 7) is 1.80. The van der Waals surface area contributed by atoms with Crippen molar-refractivity contribution in [3.8, 4) is 5.75 Å². The summed E-state index contributed by atoms with van der Waals surface area (Å²) in [6.07, 6.45) is 0. The van der Waals surface area contributed by atoms with Gasteiger partial charge < -0.3 is 10.1 Å². The van der Waals surface area contributed by atoms with E-state index in [1.165, 1.54) is 18.2 Å². The molecule has 0 saturated carbocycles. The molecule has 0 atom stereocenters. The van der Waals surface area contributed by atoms with Gasteiger partial charge in [0.05, 0.1) is 17.2 Å². The summed E-state index contributed by atoms with van der Waals surface area (Å²) in [5, 5.41) is 2.53. The monoisotopic (exact) mass is 272 g/mol. The predicted molar refractivity (Wildman–Crippen MR) is 62.5 cm³/mol. The van der Waals surface area contributed by atoms with Crippen LogP contribution in [-0.4, -0.2) is 27.5 Å². The van der Waals surface area contributed by atoms with Gasteiger partial charge in [-0.3, -0.25) is 9.63 Å². The average Bonchev–Trinajstić information content (AvgIpc) is 2.35. The van der Waals surface area contributed by atoms with Crippen molar-refractivity contribution in [3.63, 3.8) is 0 Å². The molecule has 0 aromatic heterocycles. The number of nitrogens with one attached hydrogen (secondary N) is 2. The van der Waals surface area contributed by atoms with Gasteiger partial charge in [0.15, 0.2) is 6.61 Å². The predicted octanol–water partition coefficient (Wildman–Crippen LogP) is 0.247.